The van der Waals surface area contributed by atoms with Crippen LogP contribution in [0.4, 0.5) is 5.13 Å². The van der Waals surface area contributed by atoms with Gasteiger partial charge in [-0.15, -0.1) is 0 Å². The molecule has 0 radical (unpaired) electrons. The highest BCUT2D eigenvalue weighted by Gasteiger charge is 2.23. The summed E-state index contributed by atoms with van der Waals surface area (Å²) in [6.45, 7) is 0.292. The molecule has 0 spiro atoms. The van der Waals surface area contributed by atoms with E-state index in [0.717, 1.165) is 14.7 Å². The zero-order valence-electron chi connectivity index (χ0n) is 14.4. The molecule has 0 N–H and O–H groups in total. The van der Waals surface area contributed by atoms with Gasteiger partial charge in [0.05, 0.1) is 24.6 Å². The van der Waals surface area contributed by atoms with Gasteiger partial charge >= 0.3 is 0 Å². The molecule has 7 heteroatoms. The van der Waals surface area contributed by atoms with Crippen LogP contribution >= 0.6 is 27.3 Å². The fourth-order valence-corrected chi connectivity index (χ4v) is 4.13. The fourth-order valence-electron chi connectivity index (χ4n) is 2.75. The van der Waals surface area contributed by atoms with Crippen LogP contribution in [0.2, 0.25) is 0 Å². The molecule has 0 aliphatic carbocycles. The highest BCUT2D eigenvalue weighted by atomic mass is 79.9. The van der Waals surface area contributed by atoms with Crippen LogP contribution in [0.5, 0.6) is 5.75 Å². The highest BCUT2D eigenvalue weighted by molar-refractivity contribution is 9.10. The molecule has 0 atom stereocenters. The van der Waals surface area contributed by atoms with Crippen LogP contribution in [0.15, 0.2) is 69.8 Å². The van der Waals surface area contributed by atoms with Crippen molar-refractivity contribution in [3.8, 4) is 5.75 Å². The molecular weight excluding hydrogens is 428 g/mol. The Morgan fingerprint density at radius 2 is 2.07 bits per heavy atom. The molecule has 2 aromatic carbocycles. The van der Waals surface area contributed by atoms with E-state index in [1.165, 1.54) is 11.3 Å². The number of ether oxygens (including phenoxy) is 1. The summed E-state index contributed by atoms with van der Waals surface area (Å²) in [5, 5.41) is 0.593. The van der Waals surface area contributed by atoms with E-state index in [0.29, 0.717) is 28.7 Å². The Morgan fingerprint density at radius 1 is 1.22 bits per heavy atom. The molecule has 136 valence electrons. The number of rotatable bonds is 5. The number of methoxy groups -OCH3 is 1. The van der Waals surface area contributed by atoms with Gasteiger partial charge in [0.1, 0.15) is 17.0 Å². The van der Waals surface area contributed by atoms with E-state index >= 15 is 0 Å². The number of aromatic nitrogens is 1. The van der Waals surface area contributed by atoms with Gasteiger partial charge in [0.15, 0.2) is 5.13 Å². The standard InChI is InChI=1S/C20H15BrN2O3S/c1-25-16-8-3-9-17-18(16)22-20(27-17)23(12-15-7-4-10-26-15)19(24)13-5-2-6-14(21)11-13/h2-11H,12H2,1H3. The molecule has 0 bridgehead atoms. The zero-order chi connectivity index (χ0) is 18.8. The highest BCUT2D eigenvalue weighted by Crippen LogP contribution is 2.35. The predicted molar refractivity (Wildman–Crippen MR) is 110 cm³/mol. The first-order valence-corrected chi connectivity index (χ1v) is 9.80. The number of fused-ring (bicyclic) bond motifs is 1. The molecule has 2 heterocycles. The topological polar surface area (TPSA) is 55.6 Å². The van der Waals surface area contributed by atoms with Crippen molar-refractivity contribution in [1.29, 1.82) is 0 Å². The first-order valence-electron chi connectivity index (χ1n) is 8.19. The minimum atomic E-state index is -0.147. The zero-order valence-corrected chi connectivity index (χ0v) is 16.8. The minimum absolute atomic E-state index is 0.147. The van der Waals surface area contributed by atoms with Crippen LogP contribution in [0.3, 0.4) is 0 Å². The number of anilines is 1. The maximum absolute atomic E-state index is 13.3. The van der Waals surface area contributed by atoms with Gasteiger partial charge in [-0.05, 0) is 42.5 Å². The fraction of sp³-hybridized carbons (Fsp3) is 0.100. The molecule has 4 aromatic rings. The lowest BCUT2D eigenvalue weighted by Crippen LogP contribution is -2.30. The minimum Gasteiger partial charge on any atom is -0.494 e. The average Bonchev–Trinajstić information content (AvgIpc) is 3.34. The second-order valence-corrected chi connectivity index (χ2v) is 7.71. The van der Waals surface area contributed by atoms with E-state index < -0.39 is 0 Å². The van der Waals surface area contributed by atoms with Crippen LogP contribution < -0.4 is 9.64 Å². The van der Waals surface area contributed by atoms with Gasteiger partial charge in [-0.1, -0.05) is 39.4 Å². The second-order valence-electron chi connectivity index (χ2n) is 5.78. The number of para-hydroxylation sites is 1. The molecule has 0 aliphatic heterocycles. The van der Waals surface area contributed by atoms with Crippen LogP contribution in [-0.4, -0.2) is 18.0 Å². The Balaban J connectivity index is 1.79. The maximum atomic E-state index is 13.3. The molecule has 2 aromatic heterocycles. The number of benzene rings is 2. The molecule has 0 saturated carbocycles. The smallest absolute Gasteiger partial charge is 0.260 e. The molecule has 0 aliphatic rings. The number of thiazole rings is 1. The van der Waals surface area contributed by atoms with Gasteiger partial charge in [0.25, 0.3) is 5.91 Å². The van der Waals surface area contributed by atoms with Gasteiger partial charge < -0.3 is 9.15 Å². The summed E-state index contributed by atoms with van der Waals surface area (Å²) >= 11 is 4.87. The SMILES string of the molecule is COc1cccc2sc(N(Cc3ccco3)C(=O)c3cccc(Br)c3)nc12. The Kier molecular flexibility index (Phi) is 4.96. The maximum Gasteiger partial charge on any atom is 0.260 e. The number of halogens is 1. The van der Waals surface area contributed by atoms with Crippen molar-refractivity contribution in [2.45, 2.75) is 6.54 Å². The third-order valence-electron chi connectivity index (χ3n) is 4.03. The number of carbonyl (C=O) groups is 1. The predicted octanol–water partition coefficient (Wildman–Crippen LogP) is 5.51. The second kappa shape index (κ2) is 7.54. The Bertz CT molecular complexity index is 1090. The van der Waals surface area contributed by atoms with Crippen LogP contribution in [0.25, 0.3) is 10.2 Å². The summed E-state index contributed by atoms with van der Waals surface area (Å²) in [5.41, 5.74) is 1.31. The lowest BCUT2D eigenvalue weighted by molar-refractivity contribution is 0.0983. The van der Waals surface area contributed by atoms with Gasteiger partial charge in [0.2, 0.25) is 0 Å². The summed E-state index contributed by atoms with van der Waals surface area (Å²) in [5.74, 6) is 1.22. The van der Waals surface area contributed by atoms with Crippen molar-refractivity contribution in [2.24, 2.45) is 0 Å². The monoisotopic (exact) mass is 442 g/mol. The van der Waals surface area contributed by atoms with Crippen molar-refractivity contribution in [3.63, 3.8) is 0 Å². The van der Waals surface area contributed by atoms with E-state index in [1.54, 1.807) is 36.5 Å². The number of nitrogens with zero attached hydrogens (tertiary/aromatic N) is 2. The number of amides is 1. The van der Waals surface area contributed by atoms with E-state index in [-0.39, 0.29) is 5.91 Å². The molecule has 0 saturated heterocycles. The first-order chi connectivity index (χ1) is 13.2. The number of hydrogen-bond acceptors (Lipinski definition) is 5. The van der Waals surface area contributed by atoms with Gasteiger partial charge in [-0.3, -0.25) is 9.69 Å². The van der Waals surface area contributed by atoms with E-state index in [4.69, 9.17) is 9.15 Å². The van der Waals surface area contributed by atoms with Crippen molar-refractivity contribution < 1.29 is 13.9 Å². The lowest BCUT2D eigenvalue weighted by Gasteiger charge is -2.19. The summed E-state index contributed by atoms with van der Waals surface area (Å²) in [4.78, 5) is 19.6. The third kappa shape index (κ3) is 3.61. The van der Waals surface area contributed by atoms with Gasteiger partial charge in [-0.2, -0.15) is 0 Å². The summed E-state index contributed by atoms with van der Waals surface area (Å²) in [7, 11) is 1.61. The average molecular weight is 443 g/mol. The molecule has 0 unspecified atom stereocenters. The molecule has 4 rings (SSSR count). The molecule has 1 amide bonds. The van der Waals surface area contributed by atoms with Crippen molar-refractivity contribution in [1.82, 2.24) is 4.98 Å². The van der Waals surface area contributed by atoms with Crippen LogP contribution in [0.1, 0.15) is 16.1 Å². The summed E-state index contributed by atoms with van der Waals surface area (Å²) < 4.78 is 12.7. The van der Waals surface area contributed by atoms with Crippen molar-refractivity contribution in [2.75, 3.05) is 12.0 Å². The Morgan fingerprint density at radius 3 is 2.81 bits per heavy atom. The number of hydrogen-bond donors (Lipinski definition) is 0. The summed E-state index contributed by atoms with van der Waals surface area (Å²) in [6.07, 6.45) is 1.60. The van der Waals surface area contributed by atoms with Crippen LogP contribution in [0, 0.1) is 0 Å². The van der Waals surface area contributed by atoms with E-state index in [9.17, 15) is 4.79 Å². The van der Waals surface area contributed by atoms with Crippen molar-refractivity contribution >= 4 is 48.5 Å². The molecular formula is C20H15BrN2O3S. The van der Waals surface area contributed by atoms with Gasteiger partial charge in [0, 0.05) is 10.0 Å². The number of carbonyl (C=O) groups excluding carboxylic acids is 1. The third-order valence-corrected chi connectivity index (χ3v) is 5.57. The van der Waals surface area contributed by atoms with Gasteiger partial charge in [-0.25, -0.2) is 4.98 Å². The number of furan rings is 1. The molecule has 5 nitrogen and oxygen atoms in total. The summed E-state index contributed by atoms with van der Waals surface area (Å²) in [6, 6.07) is 16.7. The first kappa shape index (κ1) is 17.8. The quantitative estimate of drug-likeness (QED) is 0.408. The van der Waals surface area contributed by atoms with E-state index in [1.807, 2.05) is 36.4 Å². The lowest BCUT2D eigenvalue weighted by atomic mass is 10.2. The van der Waals surface area contributed by atoms with Crippen LogP contribution in [-0.2, 0) is 6.54 Å². The largest absolute Gasteiger partial charge is 0.494 e. The van der Waals surface area contributed by atoms with Crippen molar-refractivity contribution in [3.05, 3.63) is 76.7 Å². The Labute approximate surface area is 168 Å². The Hall–Kier alpha value is -2.64. The van der Waals surface area contributed by atoms with E-state index in [2.05, 4.69) is 20.9 Å². The molecule has 0 fully saturated rings. The normalized spacial score (nSPS) is 10.9. The molecule has 27 heavy (non-hydrogen) atoms.